The minimum atomic E-state index is -0.0835. The quantitative estimate of drug-likeness (QED) is 0.447. The van der Waals surface area contributed by atoms with Gasteiger partial charge in [0.25, 0.3) is 5.91 Å². The van der Waals surface area contributed by atoms with Crippen molar-refractivity contribution in [3.8, 4) is 0 Å². The smallest absolute Gasteiger partial charge is 0.251 e. The SMILES string of the molecule is Cc1cccc(C(=O)NCCn2ncc3c(N4CCOCC4)nc(SC(C)C)nc32)c1. The van der Waals surface area contributed by atoms with Crippen molar-refractivity contribution in [1.29, 1.82) is 0 Å². The molecule has 1 amide bonds. The van der Waals surface area contributed by atoms with Crippen molar-refractivity contribution in [2.24, 2.45) is 0 Å². The van der Waals surface area contributed by atoms with E-state index in [0.717, 1.165) is 40.7 Å². The summed E-state index contributed by atoms with van der Waals surface area (Å²) >= 11 is 1.64. The number of carbonyl (C=O) groups excluding carboxylic acids is 1. The normalized spacial score (nSPS) is 14.4. The van der Waals surface area contributed by atoms with Gasteiger partial charge in [-0.3, -0.25) is 4.79 Å². The second kappa shape index (κ2) is 9.65. The van der Waals surface area contributed by atoms with E-state index in [1.165, 1.54) is 0 Å². The number of anilines is 1. The van der Waals surface area contributed by atoms with Gasteiger partial charge in [0.1, 0.15) is 5.82 Å². The number of fused-ring (bicyclic) bond motifs is 1. The van der Waals surface area contributed by atoms with E-state index >= 15 is 0 Å². The summed E-state index contributed by atoms with van der Waals surface area (Å²) in [4.78, 5) is 24.3. The summed E-state index contributed by atoms with van der Waals surface area (Å²) in [7, 11) is 0. The fraction of sp³-hybridized carbons (Fsp3) is 0.455. The lowest BCUT2D eigenvalue weighted by Gasteiger charge is -2.28. The maximum absolute atomic E-state index is 12.4. The van der Waals surface area contributed by atoms with Gasteiger partial charge in [-0.15, -0.1) is 0 Å². The standard InChI is InChI=1S/C22H28N6O2S/c1-15(2)31-22-25-19(27-9-11-30-12-10-27)18-14-24-28(20(18)26-22)8-7-23-21(29)17-6-4-5-16(3)13-17/h4-6,13-15H,7-12H2,1-3H3,(H,23,29). The number of rotatable bonds is 7. The van der Waals surface area contributed by atoms with Crippen molar-refractivity contribution >= 4 is 34.5 Å². The zero-order chi connectivity index (χ0) is 21.8. The van der Waals surface area contributed by atoms with Crippen LogP contribution in [0.5, 0.6) is 0 Å². The van der Waals surface area contributed by atoms with Crippen LogP contribution in [0, 0.1) is 6.92 Å². The molecule has 1 fully saturated rings. The third kappa shape index (κ3) is 5.16. The molecule has 0 saturated carbocycles. The molecule has 0 spiro atoms. The van der Waals surface area contributed by atoms with Gasteiger partial charge in [-0.05, 0) is 19.1 Å². The first-order valence-corrected chi connectivity index (χ1v) is 11.5. The van der Waals surface area contributed by atoms with E-state index in [9.17, 15) is 4.79 Å². The number of thioether (sulfide) groups is 1. The van der Waals surface area contributed by atoms with Gasteiger partial charge in [0.15, 0.2) is 10.8 Å². The molecule has 1 aliphatic heterocycles. The molecule has 0 unspecified atom stereocenters. The van der Waals surface area contributed by atoms with Crippen LogP contribution in [0.3, 0.4) is 0 Å². The molecule has 1 aromatic carbocycles. The lowest BCUT2D eigenvalue weighted by Crippen LogP contribution is -2.37. The van der Waals surface area contributed by atoms with Crippen molar-refractivity contribution in [3.05, 3.63) is 41.6 Å². The van der Waals surface area contributed by atoms with E-state index in [-0.39, 0.29) is 5.91 Å². The molecule has 0 radical (unpaired) electrons. The maximum Gasteiger partial charge on any atom is 0.251 e. The average molecular weight is 441 g/mol. The molecule has 4 rings (SSSR count). The Balaban J connectivity index is 1.54. The minimum Gasteiger partial charge on any atom is -0.378 e. The zero-order valence-electron chi connectivity index (χ0n) is 18.2. The second-order valence-electron chi connectivity index (χ2n) is 7.83. The zero-order valence-corrected chi connectivity index (χ0v) is 19.0. The Morgan fingerprint density at radius 3 is 2.81 bits per heavy atom. The number of carbonyl (C=O) groups is 1. The first-order valence-electron chi connectivity index (χ1n) is 10.6. The Labute approximate surface area is 186 Å². The molecule has 0 bridgehead atoms. The minimum absolute atomic E-state index is 0.0835. The molecule has 3 aromatic rings. The molecular formula is C22H28N6O2S. The van der Waals surface area contributed by atoms with Gasteiger partial charge in [0.2, 0.25) is 0 Å². The van der Waals surface area contributed by atoms with Crippen LogP contribution < -0.4 is 10.2 Å². The summed E-state index contributed by atoms with van der Waals surface area (Å²) in [6.45, 7) is 10.2. The first-order chi connectivity index (χ1) is 15.0. The molecule has 0 aliphatic carbocycles. The monoisotopic (exact) mass is 440 g/mol. The van der Waals surface area contributed by atoms with Gasteiger partial charge in [-0.1, -0.05) is 43.3 Å². The highest BCUT2D eigenvalue weighted by Crippen LogP contribution is 2.29. The molecule has 2 aromatic heterocycles. The van der Waals surface area contributed by atoms with E-state index in [2.05, 4.69) is 29.2 Å². The van der Waals surface area contributed by atoms with Gasteiger partial charge < -0.3 is 15.0 Å². The lowest BCUT2D eigenvalue weighted by molar-refractivity contribution is 0.0952. The van der Waals surface area contributed by atoms with Gasteiger partial charge in [0, 0.05) is 30.4 Å². The second-order valence-corrected chi connectivity index (χ2v) is 9.37. The predicted molar refractivity (Wildman–Crippen MR) is 123 cm³/mol. The molecule has 31 heavy (non-hydrogen) atoms. The molecule has 3 heterocycles. The highest BCUT2D eigenvalue weighted by Gasteiger charge is 2.20. The number of nitrogens with zero attached hydrogens (tertiary/aromatic N) is 5. The van der Waals surface area contributed by atoms with Crippen LogP contribution >= 0.6 is 11.8 Å². The molecule has 1 aliphatic rings. The van der Waals surface area contributed by atoms with Crippen molar-refractivity contribution in [1.82, 2.24) is 25.1 Å². The Kier molecular flexibility index (Phi) is 6.72. The third-order valence-corrected chi connectivity index (χ3v) is 5.86. The van der Waals surface area contributed by atoms with Crippen LogP contribution in [-0.4, -0.2) is 63.8 Å². The van der Waals surface area contributed by atoms with Crippen molar-refractivity contribution in [3.63, 3.8) is 0 Å². The average Bonchev–Trinajstić information content (AvgIpc) is 3.16. The van der Waals surface area contributed by atoms with E-state index in [1.54, 1.807) is 11.8 Å². The summed E-state index contributed by atoms with van der Waals surface area (Å²) in [6.07, 6.45) is 1.83. The van der Waals surface area contributed by atoms with Crippen LogP contribution in [0.2, 0.25) is 0 Å². The number of aryl methyl sites for hydroxylation is 1. The lowest BCUT2D eigenvalue weighted by atomic mass is 10.1. The fourth-order valence-corrected chi connectivity index (χ4v) is 4.23. The van der Waals surface area contributed by atoms with Crippen LogP contribution in [0.4, 0.5) is 5.82 Å². The molecule has 1 N–H and O–H groups in total. The van der Waals surface area contributed by atoms with Crippen LogP contribution in [0.1, 0.15) is 29.8 Å². The number of aromatic nitrogens is 4. The first kappa shape index (κ1) is 21.6. The largest absolute Gasteiger partial charge is 0.378 e. The number of hydrogen-bond acceptors (Lipinski definition) is 7. The molecule has 9 heteroatoms. The number of morpholine rings is 1. The van der Waals surface area contributed by atoms with Gasteiger partial charge in [-0.2, -0.15) is 5.10 Å². The summed E-state index contributed by atoms with van der Waals surface area (Å²) in [5, 5.41) is 9.58. The number of nitrogens with one attached hydrogen (secondary N) is 1. The highest BCUT2D eigenvalue weighted by molar-refractivity contribution is 7.99. The van der Waals surface area contributed by atoms with Crippen LogP contribution in [-0.2, 0) is 11.3 Å². The summed E-state index contributed by atoms with van der Waals surface area (Å²) in [5.41, 5.74) is 2.52. The molecule has 0 atom stereocenters. The predicted octanol–water partition coefficient (Wildman–Crippen LogP) is 2.90. The molecular weight excluding hydrogens is 412 g/mol. The Morgan fingerprint density at radius 2 is 2.06 bits per heavy atom. The summed E-state index contributed by atoms with van der Waals surface area (Å²) in [5.74, 6) is 0.825. The summed E-state index contributed by atoms with van der Waals surface area (Å²) in [6, 6.07) is 7.58. The van der Waals surface area contributed by atoms with E-state index in [1.807, 2.05) is 42.1 Å². The molecule has 1 saturated heterocycles. The molecule has 8 nitrogen and oxygen atoms in total. The molecule has 164 valence electrons. The number of hydrogen-bond donors (Lipinski definition) is 1. The van der Waals surface area contributed by atoms with Crippen molar-refractivity contribution < 1.29 is 9.53 Å². The Morgan fingerprint density at radius 1 is 1.26 bits per heavy atom. The number of ether oxygens (including phenoxy) is 1. The summed E-state index contributed by atoms with van der Waals surface area (Å²) < 4.78 is 7.35. The van der Waals surface area contributed by atoms with Gasteiger partial charge in [0.05, 0.1) is 31.3 Å². The van der Waals surface area contributed by atoms with Crippen LogP contribution in [0.25, 0.3) is 11.0 Å². The highest BCUT2D eigenvalue weighted by atomic mass is 32.2. The number of amides is 1. The van der Waals surface area contributed by atoms with E-state index < -0.39 is 0 Å². The van der Waals surface area contributed by atoms with Crippen LogP contribution in [0.15, 0.2) is 35.6 Å². The third-order valence-electron chi connectivity index (χ3n) is 5.00. The fourth-order valence-electron chi connectivity index (χ4n) is 3.53. The van der Waals surface area contributed by atoms with Gasteiger partial charge in [-0.25, -0.2) is 14.6 Å². The maximum atomic E-state index is 12.4. The Hall–Kier alpha value is -2.65. The van der Waals surface area contributed by atoms with Crippen molar-refractivity contribution in [2.75, 3.05) is 37.7 Å². The van der Waals surface area contributed by atoms with Gasteiger partial charge >= 0.3 is 0 Å². The van der Waals surface area contributed by atoms with Crippen molar-refractivity contribution in [2.45, 2.75) is 37.7 Å². The number of benzene rings is 1. The topological polar surface area (TPSA) is 85.2 Å². The Bertz CT molecular complexity index is 1060. The van der Waals surface area contributed by atoms with E-state index in [4.69, 9.17) is 14.7 Å². The van der Waals surface area contributed by atoms with E-state index in [0.29, 0.717) is 37.1 Å².